The summed E-state index contributed by atoms with van der Waals surface area (Å²) in [6, 6.07) is 8.98. The molecule has 0 radical (unpaired) electrons. The standard InChI is InChI=1S/C22H26O4/c1-3-4-6-15-20(26-22(24)17-11-7-5-8-12-17)18-13-9-10-14-19(16-18)21(23)25-2/h5,7-14,20H,3-4,6,15-16H2,1-2H3/t20-/m0/s1. The van der Waals surface area contributed by atoms with Gasteiger partial charge in [-0.3, -0.25) is 0 Å². The maximum atomic E-state index is 12.5. The molecule has 0 bridgehead atoms. The highest BCUT2D eigenvalue weighted by atomic mass is 16.5. The molecule has 138 valence electrons. The summed E-state index contributed by atoms with van der Waals surface area (Å²) in [5, 5.41) is 0. The van der Waals surface area contributed by atoms with Crippen LogP contribution in [0.15, 0.2) is 65.8 Å². The minimum absolute atomic E-state index is 0.343. The molecule has 0 fully saturated rings. The molecule has 4 heteroatoms. The Morgan fingerprint density at radius 2 is 1.77 bits per heavy atom. The van der Waals surface area contributed by atoms with E-state index in [1.165, 1.54) is 7.11 Å². The van der Waals surface area contributed by atoms with Gasteiger partial charge < -0.3 is 9.47 Å². The summed E-state index contributed by atoms with van der Waals surface area (Å²) in [4.78, 5) is 24.4. The summed E-state index contributed by atoms with van der Waals surface area (Å²) in [5.74, 6) is -0.700. The number of rotatable bonds is 8. The van der Waals surface area contributed by atoms with Gasteiger partial charge in [0.1, 0.15) is 6.10 Å². The molecular weight excluding hydrogens is 328 g/mol. The number of carbonyl (C=O) groups is 2. The molecule has 0 spiro atoms. The molecule has 4 nitrogen and oxygen atoms in total. The molecule has 0 unspecified atom stereocenters. The summed E-state index contributed by atoms with van der Waals surface area (Å²) < 4.78 is 10.7. The van der Waals surface area contributed by atoms with Crippen LogP contribution in [0.25, 0.3) is 0 Å². The van der Waals surface area contributed by atoms with Gasteiger partial charge in [0.15, 0.2) is 0 Å². The molecule has 0 amide bonds. The third-order valence-corrected chi connectivity index (χ3v) is 4.30. The van der Waals surface area contributed by atoms with Crippen LogP contribution in [0.3, 0.4) is 0 Å². The van der Waals surface area contributed by atoms with Crippen LogP contribution in [0.5, 0.6) is 0 Å². The predicted octanol–water partition coefficient (Wildman–Crippen LogP) is 4.78. The number of hydrogen-bond donors (Lipinski definition) is 0. The Hall–Kier alpha value is -2.62. The largest absolute Gasteiger partial charge is 0.466 e. The van der Waals surface area contributed by atoms with Crippen LogP contribution in [0.4, 0.5) is 0 Å². The van der Waals surface area contributed by atoms with Gasteiger partial charge in [-0.1, -0.05) is 62.3 Å². The van der Waals surface area contributed by atoms with E-state index in [1.54, 1.807) is 24.3 Å². The molecule has 0 aromatic heterocycles. The van der Waals surface area contributed by atoms with E-state index < -0.39 is 0 Å². The lowest BCUT2D eigenvalue weighted by Gasteiger charge is -2.21. The summed E-state index contributed by atoms with van der Waals surface area (Å²) in [5.41, 5.74) is 2.00. The van der Waals surface area contributed by atoms with E-state index >= 15 is 0 Å². The molecule has 0 saturated heterocycles. The van der Waals surface area contributed by atoms with E-state index in [0.29, 0.717) is 17.6 Å². The SMILES string of the molecule is CCCCC[C@H](OC(=O)c1ccccc1)C1=CC=CC=C(C(=O)OC)C1. The average Bonchev–Trinajstić information content (AvgIpc) is 2.93. The number of ether oxygens (including phenoxy) is 2. The van der Waals surface area contributed by atoms with Crippen LogP contribution < -0.4 is 0 Å². The van der Waals surface area contributed by atoms with E-state index in [4.69, 9.17) is 9.47 Å². The van der Waals surface area contributed by atoms with Crippen molar-refractivity contribution in [2.24, 2.45) is 0 Å². The van der Waals surface area contributed by atoms with Gasteiger partial charge in [-0.25, -0.2) is 9.59 Å². The highest BCUT2D eigenvalue weighted by Gasteiger charge is 2.23. The molecule has 1 aliphatic carbocycles. The molecule has 26 heavy (non-hydrogen) atoms. The van der Waals surface area contributed by atoms with Gasteiger partial charge in [0.2, 0.25) is 0 Å². The Balaban J connectivity index is 2.16. The Kier molecular flexibility index (Phi) is 7.87. The molecule has 1 aromatic rings. The summed E-state index contributed by atoms with van der Waals surface area (Å²) in [6.45, 7) is 2.14. The normalized spacial score (nSPS) is 14.7. The van der Waals surface area contributed by atoms with Gasteiger partial charge in [-0.2, -0.15) is 0 Å². The maximum Gasteiger partial charge on any atom is 0.338 e. The monoisotopic (exact) mass is 354 g/mol. The van der Waals surface area contributed by atoms with E-state index in [1.807, 2.05) is 30.4 Å². The van der Waals surface area contributed by atoms with Crippen LogP contribution in [0.2, 0.25) is 0 Å². The molecular formula is C22H26O4. The Labute approximate surface area is 155 Å². The lowest BCUT2D eigenvalue weighted by molar-refractivity contribution is -0.136. The van der Waals surface area contributed by atoms with Gasteiger partial charge in [0, 0.05) is 12.0 Å². The van der Waals surface area contributed by atoms with Crippen LogP contribution in [-0.4, -0.2) is 25.2 Å². The molecule has 2 rings (SSSR count). The summed E-state index contributed by atoms with van der Waals surface area (Å²) >= 11 is 0. The lowest BCUT2D eigenvalue weighted by Crippen LogP contribution is -2.22. The number of esters is 2. The molecule has 0 saturated carbocycles. The average molecular weight is 354 g/mol. The van der Waals surface area contributed by atoms with Crippen molar-refractivity contribution in [3.63, 3.8) is 0 Å². The van der Waals surface area contributed by atoms with E-state index in [9.17, 15) is 9.59 Å². The highest BCUT2D eigenvalue weighted by molar-refractivity contribution is 5.90. The number of methoxy groups -OCH3 is 1. The molecule has 1 aliphatic rings. The van der Waals surface area contributed by atoms with Crippen molar-refractivity contribution in [2.75, 3.05) is 7.11 Å². The molecule has 0 N–H and O–H groups in total. The van der Waals surface area contributed by atoms with Gasteiger partial charge in [0.05, 0.1) is 12.7 Å². The fraction of sp³-hybridized carbons (Fsp3) is 0.364. The lowest BCUT2D eigenvalue weighted by atomic mass is 9.96. The minimum Gasteiger partial charge on any atom is -0.466 e. The van der Waals surface area contributed by atoms with Gasteiger partial charge in [-0.15, -0.1) is 0 Å². The van der Waals surface area contributed by atoms with E-state index in [0.717, 1.165) is 31.3 Å². The number of carbonyl (C=O) groups excluding carboxylic acids is 2. The minimum atomic E-state index is -0.357. The molecule has 1 aromatic carbocycles. The third kappa shape index (κ3) is 5.73. The van der Waals surface area contributed by atoms with Gasteiger partial charge >= 0.3 is 11.9 Å². The van der Waals surface area contributed by atoms with Crippen molar-refractivity contribution in [1.82, 2.24) is 0 Å². The first-order chi connectivity index (χ1) is 12.7. The Bertz CT molecular complexity index is 698. The van der Waals surface area contributed by atoms with Crippen molar-refractivity contribution in [3.05, 3.63) is 71.3 Å². The zero-order chi connectivity index (χ0) is 18.8. The van der Waals surface area contributed by atoms with E-state index in [-0.39, 0.29) is 18.0 Å². The highest BCUT2D eigenvalue weighted by Crippen LogP contribution is 2.25. The molecule has 1 atom stereocenters. The van der Waals surface area contributed by atoms with Crippen LogP contribution in [-0.2, 0) is 14.3 Å². The second kappa shape index (κ2) is 10.4. The smallest absolute Gasteiger partial charge is 0.338 e. The van der Waals surface area contributed by atoms with Crippen molar-refractivity contribution in [1.29, 1.82) is 0 Å². The zero-order valence-electron chi connectivity index (χ0n) is 15.4. The summed E-state index contributed by atoms with van der Waals surface area (Å²) in [7, 11) is 1.37. The second-order valence-electron chi connectivity index (χ2n) is 6.24. The first kappa shape index (κ1) is 19.7. The second-order valence-corrected chi connectivity index (χ2v) is 6.24. The first-order valence-electron chi connectivity index (χ1n) is 9.06. The zero-order valence-corrected chi connectivity index (χ0v) is 15.4. The summed E-state index contributed by atoms with van der Waals surface area (Å²) in [6.07, 6.45) is 11.3. The van der Waals surface area contributed by atoms with Crippen molar-refractivity contribution < 1.29 is 19.1 Å². The van der Waals surface area contributed by atoms with Crippen molar-refractivity contribution in [3.8, 4) is 0 Å². The Morgan fingerprint density at radius 1 is 1.04 bits per heavy atom. The van der Waals surface area contributed by atoms with E-state index in [2.05, 4.69) is 6.92 Å². The number of unbranched alkanes of at least 4 members (excludes halogenated alkanes) is 2. The fourth-order valence-electron chi connectivity index (χ4n) is 2.85. The van der Waals surface area contributed by atoms with Gasteiger partial charge in [0.25, 0.3) is 0 Å². The first-order valence-corrected chi connectivity index (χ1v) is 9.06. The quantitative estimate of drug-likeness (QED) is 0.498. The predicted molar refractivity (Wildman–Crippen MR) is 102 cm³/mol. The van der Waals surface area contributed by atoms with Crippen molar-refractivity contribution >= 4 is 11.9 Å². The third-order valence-electron chi connectivity index (χ3n) is 4.30. The number of allylic oxidation sites excluding steroid dienone is 4. The molecule has 0 aliphatic heterocycles. The van der Waals surface area contributed by atoms with Crippen LogP contribution in [0, 0.1) is 0 Å². The number of benzene rings is 1. The Morgan fingerprint density at radius 3 is 2.46 bits per heavy atom. The topological polar surface area (TPSA) is 52.6 Å². The fourth-order valence-corrected chi connectivity index (χ4v) is 2.85. The number of hydrogen-bond acceptors (Lipinski definition) is 4. The molecule has 0 heterocycles. The maximum absolute atomic E-state index is 12.5. The van der Waals surface area contributed by atoms with Crippen molar-refractivity contribution in [2.45, 2.75) is 45.1 Å². The van der Waals surface area contributed by atoms with Crippen LogP contribution >= 0.6 is 0 Å². The van der Waals surface area contributed by atoms with Crippen LogP contribution in [0.1, 0.15) is 49.4 Å². The van der Waals surface area contributed by atoms with Gasteiger partial charge in [-0.05, 0) is 30.5 Å².